The fourth-order valence-corrected chi connectivity index (χ4v) is 2.43. The Hall–Kier alpha value is -2.40. The van der Waals surface area contributed by atoms with E-state index in [1.807, 2.05) is 25.3 Å². The molecular weight excluding hydrogens is 328 g/mol. The van der Waals surface area contributed by atoms with Crippen molar-refractivity contribution in [3.05, 3.63) is 56.6 Å². The molecule has 0 radical (unpaired) electrons. The van der Waals surface area contributed by atoms with Gasteiger partial charge in [-0.1, -0.05) is 25.4 Å². The first-order valence-electron chi connectivity index (χ1n) is 7.55. The fraction of sp³-hybridized carbons (Fsp3) is 0.278. The molecule has 0 fully saturated rings. The van der Waals surface area contributed by atoms with Gasteiger partial charge < -0.3 is 4.74 Å². The Bertz CT molecular complexity index is 778. The van der Waals surface area contributed by atoms with Crippen molar-refractivity contribution in [1.29, 1.82) is 0 Å². The molecule has 0 saturated carbocycles. The summed E-state index contributed by atoms with van der Waals surface area (Å²) in [6.07, 6.45) is 1.89. The van der Waals surface area contributed by atoms with Crippen LogP contribution >= 0.6 is 11.6 Å². The minimum absolute atomic E-state index is 0.0561. The largest absolute Gasteiger partial charge is 0.456 e. The number of halogens is 1. The van der Waals surface area contributed by atoms with Crippen molar-refractivity contribution in [3.8, 4) is 11.5 Å². The van der Waals surface area contributed by atoms with Gasteiger partial charge in [0, 0.05) is 23.9 Å². The normalized spacial score (nSPS) is 11.2. The zero-order chi connectivity index (χ0) is 17.9. The number of nitrogens with zero attached hydrogens (tertiary/aromatic N) is 2. The van der Waals surface area contributed by atoms with E-state index < -0.39 is 4.92 Å². The predicted octanol–water partition coefficient (Wildman–Crippen LogP) is 6.02. The standard InChI is InChI=1S/C18H19ClN2O3/c1-11(2)10-20-17-6-5-15(8-12(17)3)24-18-13(4)7-14(21(22)23)9-16(18)19/h5-11H,1-4H3. The highest BCUT2D eigenvalue weighted by Gasteiger charge is 2.15. The van der Waals surface area contributed by atoms with Crippen LogP contribution in [0.4, 0.5) is 11.4 Å². The zero-order valence-electron chi connectivity index (χ0n) is 14.0. The number of nitro benzene ring substituents is 1. The average Bonchev–Trinajstić information content (AvgIpc) is 2.49. The SMILES string of the molecule is Cc1cc(Oc2c(C)cc([N+](=O)[O-])cc2Cl)ccc1N=CC(C)C. The number of benzene rings is 2. The van der Waals surface area contributed by atoms with Gasteiger partial charge in [-0.15, -0.1) is 0 Å². The maximum absolute atomic E-state index is 10.9. The van der Waals surface area contributed by atoms with Crippen LogP contribution in [0.25, 0.3) is 0 Å². The first kappa shape index (κ1) is 17.9. The van der Waals surface area contributed by atoms with Crippen LogP contribution in [0.1, 0.15) is 25.0 Å². The van der Waals surface area contributed by atoms with Crippen LogP contribution < -0.4 is 4.74 Å². The highest BCUT2D eigenvalue weighted by molar-refractivity contribution is 6.32. The van der Waals surface area contributed by atoms with Crippen LogP contribution in [-0.4, -0.2) is 11.1 Å². The second-order valence-corrected chi connectivity index (χ2v) is 6.31. The molecule has 0 bridgehead atoms. The van der Waals surface area contributed by atoms with Gasteiger partial charge >= 0.3 is 0 Å². The summed E-state index contributed by atoms with van der Waals surface area (Å²) >= 11 is 6.13. The van der Waals surface area contributed by atoms with Crippen LogP contribution in [0.3, 0.4) is 0 Å². The molecule has 0 N–H and O–H groups in total. The van der Waals surface area contributed by atoms with Gasteiger partial charge in [-0.2, -0.15) is 0 Å². The molecule has 0 aliphatic heterocycles. The summed E-state index contributed by atoms with van der Waals surface area (Å²) in [4.78, 5) is 14.8. The molecule has 0 atom stereocenters. The predicted molar refractivity (Wildman–Crippen MR) is 97.1 cm³/mol. The van der Waals surface area contributed by atoms with Crippen molar-refractivity contribution in [2.45, 2.75) is 27.7 Å². The zero-order valence-corrected chi connectivity index (χ0v) is 14.8. The lowest BCUT2D eigenvalue weighted by Gasteiger charge is -2.12. The number of hydrogen-bond donors (Lipinski definition) is 0. The number of rotatable bonds is 5. The molecule has 0 unspecified atom stereocenters. The third-order valence-electron chi connectivity index (χ3n) is 3.32. The summed E-state index contributed by atoms with van der Waals surface area (Å²) < 4.78 is 5.83. The number of aryl methyl sites for hydroxylation is 2. The van der Waals surface area contributed by atoms with E-state index >= 15 is 0 Å². The number of hydrogen-bond acceptors (Lipinski definition) is 4. The van der Waals surface area contributed by atoms with Crippen molar-refractivity contribution >= 4 is 29.2 Å². The van der Waals surface area contributed by atoms with E-state index in [4.69, 9.17) is 16.3 Å². The molecule has 2 rings (SSSR count). The highest BCUT2D eigenvalue weighted by atomic mass is 35.5. The molecule has 2 aromatic rings. The molecule has 0 saturated heterocycles. The quantitative estimate of drug-likeness (QED) is 0.378. The Morgan fingerprint density at radius 3 is 2.46 bits per heavy atom. The minimum atomic E-state index is -0.478. The van der Waals surface area contributed by atoms with Gasteiger partial charge in [0.25, 0.3) is 5.69 Å². The second-order valence-electron chi connectivity index (χ2n) is 5.90. The summed E-state index contributed by atoms with van der Waals surface area (Å²) in [5, 5.41) is 11.1. The smallest absolute Gasteiger partial charge is 0.271 e. The molecule has 0 heterocycles. The van der Waals surface area contributed by atoms with E-state index in [1.54, 1.807) is 13.0 Å². The molecule has 0 aromatic heterocycles. The topological polar surface area (TPSA) is 64.7 Å². The van der Waals surface area contributed by atoms with Crippen molar-refractivity contribution in [1.82, 2.24) is 0 Å². The van der Waals surface area contributed by atoms with Gasteiger partial charge in [0.15, 0.2) is 0 Å². The number of ether oxygens (including phenoxy) is 1. The van der Waals surface area contributed by atoms with Crippen molar-refractivity contribution in [2.75, 3.05) is 0 Å². The fourth-order valence-electron chi connectivity index (χ4n) is 2.13. The molecule has 5 nitrogen and oxygen atoms in total. The lowest BCUT2D eigenvalue weighted by atomic mass is 10.1. The lowest BCUT2D eigenvalue weighted by molar-refractivity contribution is -0.384. The third-order valence-corrected chi connectivity index (χ3v) is 3.61. The molecule has 0 amide bonds. The maximum Gasteiger partial charge on any atom is 0.271 e. The Morgan fingerprint density at radius 1 is 1.21 bits per heavy atom. The lowest BCUT2D eigenvalue weighted by Crippen LogP contribution is -1.94. The third kappa shape index (κ3) is 4.32. The van der Waals surface area contributed by atoms with Gasteiger partial charge in [-0.3, -0.25) is 15.1 Å². The van der Waals surface area contributed by atoms with Gasteiger partial charge in [0.1, 0.15) is 11.5 Å². The highest BCUT2D eigenvalue weighted by Crippen LogP contribution is 2.37. The van der Waals surface area contributed by atoms with Gasteiger partial charge in [0.2, 0.25) is 0 Å². The maximum atomic E-state index is 10.9. The molecule has 2 aromatic carbocycles. The molecule has 126 valence electrons. The van der Waals surface area contributed by atoms with Crippen LogP contribution in [0.5, 0.6) is 11.5 Å². The second kappa shape index (κ2) is 7.45. The van der Waals surface area contributed by atoms with E-state index in [0.717, 1.165) is 11.3 Å². The monoisotopic (exact) mass is 346 g/mol. The van der Waals surface area contributed by atoms with Crippen molar-refractivity contribution in [2.24, 2.45) is 10.9 Å². The van der Waals surface area contributed by atoms with Crippen molar-refractivity contribution in [3.63, 3.8) is 0 Å². The van der Waals surface area contributed by atoms with Crippen LogP contribution in [0.15, 0.2) is 35.3 Å². The first-order chi connectivity index (χ1) is 11.3. The number of aliphatic imine (C=N–C) groups is 1. The molecule has 24 heavy (non-hydrogen) atoms. The van der Waals surface area contributed by atoms with Gasteiger partial charge in [-0.25, -0.2) is 0 Å². The van der Waals surface area contributed by atoms with Gasteiger partial charge in [0.05, 0.1) is 15.6 Å². The van der Waals surface area contributed by atoms with Gasteiger partial charge in [-0.05, 0) is 43.5 Å². The van der Waals surface area contributed by atoms with E-state index in [-0.39, 0.29) is 10.7 Å². The Labute approximate surface area is 146 Å². The summed E-state index contributed by atoms with van der Waals surface area (Å²) in [5.74, 6) is 1.40. The Kier molecular flexibility index (Phi) is 5.57. The average molecular weight is 347 g/mol. The van der Waals surface area contributed by atoms with E-state index in [2.05, 4.69) is 18.8 Å². The summed E-state index contributed by atoms with van der Waals surface area (Å²) in [5.41, 5.74) is 2.40. The van der Waals surface area contributed by atoms with E-state index in [1.165, 1.54) is 12.1 Å². The summed E-state index contributed by atoms with van der Waals surface area (Å²) in [6.45, 7) is 7.80. The summed E-state index contributed by atoms with van der Waals surface area (Å²) in [6, 6.07) is 8.27. The molecule has 0 aliphatic carbocycles. The number of nitro groups is 1. The van der Waals surface area contributed by atoms with E-state index in [9.17, 15) is 10.1 Å². The molecule has 0 spiro atoms. The number of non-ortho nitro benzene ring substituents is 1. The first-order valence-corrected chi connectivity index (χ1v) is 7.93. The van der Waals surface area contributed by atoms with E-state index in [0.29, 0.717) is 23.0 Å². The summed E-state index contributed by atoms with van der Waals surface area (Å²) in [7, 11) is 0. The Morgan fingerprint density at radius 2 is 1.92 bits per heavy atom. The van der Waals surface area contributed by atoms with Crippen LogP contribution in [-0.2, 0) is 0 Å². The molecule has 0 aliphatic rings. The van der Waals surface area contributed by atoms with Crippen LogP contribution in [0.2, 0.25) is 5.02 Å². The Balaban J connectivity index is 2.29. The van der Waals surface area contributed by atoms with Crippen molar-refractivity contribution < 1.29 is 9.66 Å². The van der Waals surface area contributed by atoms with Crippen LogP contribution in [0, 0.1) is 29.9 Å². The molecule has 6 heteroatoms. The molecular formula is C18H19ClN2O3. The minimum Gasteiger partial charge on any atom is -0.456 e.